The Kier molecular flexibility index (Phi) is 4.49. The standard InChI is InChI=1S/C19H15ClO3/c20-16-7-3-4-13(10-16)11-18(19(21)22)23-17-9-8-14-5-1-2-6-15(14)12-17/h1-10,12,18H,11H2,(H,21,22). The molecule has 0 saturated carbocycles. The molecule has 0 aromatic heterocycles. The van der Waals surface area contributed by atoms with Gasteiger partial charge in [0.05, 0.1) is 0 Å². The number of hydrogen-bond acceptors (Lipinski definition) is 2. The van der Waals surface area contributed by atoms with E-state index in [0.717, 1.165) is 16.3 Å². The largest absolute Gasteiger partial charge is 0.478 e. The summed E-state index contributed by atoms with van der Waals surface area (Å²) in [5.74, 6) is -0.462. The summed E-state index contributed by atoms with van der Waals surface area (Å²) in [4.78, 5) is 11.5. The van der Waals surface area contributed by atoms with E-state index in [-0.39, 0.29) is 6.42 Å². The summed E-state index contributed by atoms with van der Waals surface area (Å²) in [5, 5.41) is 12.1. The Morgan fingerprint density at radius 3 is 2.52 bits per heavy atom. The molecular formula is C19H15ClO3. The molecule has 0 aliphatic heterocycles. The van der Waals surface area contributed by atoms with E-state index < -0.39 is 12.1 Å². The molecule has 0 heterocycles. The Bertz CT molecular complexity index is 845. The number of rotatable bonds is 5. The average Bonchev–Trinajstić information content (AvgIpc) is 2.54. The van der Waals surface area contributed by atoms with Crippen molar-refractivity contribution in [2.75, 3.05) is 0 Å². The van der Waals surface area contributed by atoms with Crippen LogP contribution in [0.25, 0.3) is 10.8 Å². The third-order valence-electron chi connectivity index (χ3n) is 3.58. The maximum Gasteiger partial charge on any atom is 0.345 e. The van der Waals surface area contributed by atoms with E-state index in [0.29, 0.717) is 10.8 Å². The third kappa shape index (κ3) is 3.82. The number of aliphatic carboxylic acids is 1. The summed E-state index contributed by atoms with van der Waals surface area (Å²) in [6, 6.07) is 20.6. The molecule has 0 aliphatic carbocycles. The molecule has 4 heteroatoms. The van der Waals surface area contributed by atoms with E-state index in [1.165, 1.54) is 0 Å². The van der Waals surface area contributed by atoms with Crippen molar-refractivity contribution >= 4 is 28.3 Å². The lowest BCUT2D eigenvalue weighted by molar-refractivity contribution is -0.145. The van der Waals surface area contributed by atoms with Crippen LogP contribution >= 0.6 is 11.6 Å². The lowest BCUT2D eigenvalue weighted by Gasteiger charge is -2.16. The molecule has 1 unspecified atom stereocenters. The lowest BCUT2D eigenvalue weighted by atomic mass is 10.1. The highest BCUT2D eigenvalue weighted by Gasteiger charge is 2.20. The smallest absolute Gasteiger partial charge is 0.345 e. The molecule has 116 valence electrons. The van der Waals surface area contributed by atoms with Crippen molar-refractivity contribution in [3.05, 3.63) is 77.3 Å². The first kappa shape index (κ1) is 15.4. The van der Waals surface area contributed by atoms with Gasteiger partial charge < -0.3 is 9.84 Å². The predicted molar refractivity (Wildman–Crippen MR) is 91.2 cm³/mol. The number of fused-ring (bicyclic) bond motifs is 1. The molecule has 0 bridgehead atoms. The lowest BCUT2D eigenvalue weighted by Crippen LogP contribution is -2.29. The van der Waals surface area contributed by atoms with Gasteiger partial charge >= 0.3 is 5.97 Å². The second-order valence-electron chi connectivity index (χ2n) is 5.29. The van der Waals surface area contributed by atoms with E-state index in [1.807, 2.05) is 42.5 Å². The van der Waals surface area contributed by atoms with Crippen LogP contribution in [0, 0.1) is 0 Å². The van der Waals surface area contributed by atoms with Gasteiger partial charge in [0.25, 0.3) is 0 Å². The van der Waals surface area contributed by atoms with Crippen molar-refractivity contribution in [3.63, 3.8) is 0 Å². The Balaban J connectivity index is 1.82. The SMILES string of the molecule is O=C(O)C(Cc1cccc(Cl)c1)Oc1ccc2ccccc2c1. The zero-order valence-corrected chi connectivity index (χ0v) is 13.0. The van der Waals surface area contributed by atoms with Crippen LogP contribution in [0.4, 0.5) is 0 Å². The van der Waals surface area contributed by atoms with Crippen LogP contribution in [0.3, 0.4) is 0 Å². The molecule has 0 radical (unpaired) electrons. The van der Waals surface area contributed by atoms with Gasteiger partial charge in [-0.25, -0.2) is 4.79 Å². The molecule has 0 spiro atoms. The maximum atomic E-state index is 11.5. The molecule has 3 rings (SSSR count). The number of ether oxygens (including phenoxy) is 1. The summed E-state index contributed by atoms with van der Waals surface area (Å²) in [6.45, 7) is 0. The van der Waals surface area contributed by atoms with Crippen molar-refractivity contribution < 1.29 is 14.6 Å². The highest BCUT2D eigenvalue weighted by Crippen LogP contribution is 2.22. The Morgan fingerprint density at radius 1 is 1.00 bits per heavy atom. The predicted octanol–water partition coefficient (Wildman–Crippen LogP) is 4.57. The van der Waals surface area contributed by atoms with Gasteiger partial charge in [-0.15, -0.1) is 0 Å². The third-order valence-corrected chi connectivity index (χ3v) is 3.82. The first-order valence-corrected chi connectivity index (χ1v) is 7.62. The normalized spacial score (nSPS) is 12.0. The van der Waals surface area contributed by atoms with E-state index in [2.05, 4.69) is 0 Å². The van der Waals surface area contributed by atoms with Gasteiger partial charge in [-0.2, -0.15) is 0 Å². The summed E-state index contributed by atoms with van der Waals surface area (Å²) in [7, 11) is 0. The summed E-state index contributed by atoms with van der Waals surface area (Å²) in [6.07, 6.45) is -0.711. The fraction of sp³-hybridized carbons (Fsp3) is 0.105. The molecule has 0 fully saturated rings. The molecule has 1 N–H and O–H groups in total. The molecule has 1 atom stereocenters. The second kappa shape index (κ2) is 6.71. The Hall–Kier alpha value is -2.52. The monoisotopic (exact) mass is 326 g/mol. The van der Waals surface area contributed by atoms with Gasteiger partial charge in [-0.3, -0.25) is 0 Å². The van der Waals surface area contributed by atoms with E-state index in [1.54, 1.807) is 24.3 Å². The van der Waals surface area contributed by atoms with Gasteiger partial charge in [0, 0.05) is 11.4 Å². The number of carboxylic acids is 1. The highest BCUT2D eigenvalue weighted by molar-refractivity contribution is 6.30. The van der Waals surface area contributed by atoms with Gasteiger partial charge in [0.15, 0.2) is 6.10 Å². The van der Waals surface area contributed by atoms with Gasteiger partial charge in [0.1, 0.15) is 5.75 Å². The first-order chi connectivity index (χ1) is 11.1. The molecule has 0 aliphatic rings. The number of carbonyl (C=O) groups is 1. The minimum atomic E-state index is -1.00. The molecule has 3 nitrogen and oxygen atoms in total. The van der Waals surface area contributed by atoms with Crippen molar-refractivity contribution in [2.45, 2.75) is 12.5 Å². The number of benzene rings is 3. The van der Waals surface area contributed by atoms with Crippen LogP contribution in [0.15, 0.2) is 66.7 Å². The minimum Gasteiger partial charge on any atom is -0.478 e. The van der Waals surface area contributed by atoms with Crippen LogP contribution < -0.4 is 4.74 Å². The van der Waals surface area contributed by atoms with Crippen LogP contribution in [-0.4, -0.2) is 17.2 Å². The first-order valence-electron chi connectivity index (χ1n) is 7.24. The fourth-order valence-corrected chi connectivity index (χ4v) is 2.68. The van der Waals surface area contributed by atoms with Crippen molar-refractivity contribution in [1.29, 1.82) is 0 Å². The number of carboxylic acid groups (broad SMARTS) is 1. The van der Waals surface area contributed by atoms with Crippen LogP contribution in [0.1, 0.15) is 5.56 Å². The fourth-order valence-electron chi connectivity index (χ4n) is 2.46. The van der Waals surface area contributed by atoms with Crippen molar-refractivity contribution in [1.82, 2.24) is 0 Å². The van der Waals surface area contributed by atoms with Gasteiger partial charge in [-0.05, 0) is 40.6 Å². The van der Waals surface area contributed by atoms with Gasteiger partial charge in [-0.1, -0.05) is 54.1 Å². The Labute approximate surface area is 139 Å². The van der Waals surface area contributed by atoms with Crippen LogP contribution in [0.5, 0.6) is 5.75 Å². The maximum absolute atomic E-state index is 11.5. The molecule has 0 amide bonds. The molecule has 23 heavy (non-hydrogen) atoms. The van der Waals surface area contributed by atoms with Crippen molar-refractivity contribution in [3.8, 4) is 5.75 Å². The molecule has 3 aromatic carbocycles. The number of hydrogen-bond donors (Lipinski definition) is 1. The molecule has 0 saturated heterocycles. The Morgan fingerprint density at radius 2 is 1.78 bits per heavy atom. The topological polar surface area (TPSA) is 46.5 Å². The molecule has 3 aromatic rings. The molecular weight excluding hydrogens is 312 g/mol. The number of halogens is 1. The van der Waals surface area contributed by atoms with Crippen molar-refractivity contribution in [2.24, 2.45) is 0 Å². The van der Waals surface area contributed by atoms with Crippen LogP contribution in [0.2, 0.25) is 5.02 Å². The summed E-state index contributed by atoms with van der Waals surface area (Å²) in [5.41, 5.74) is 0.825. The average molecular weight is 327 g/mol. The van der Waals surface area contributed by atoms with Crippen LogP contribution in [-0.2, 0) is 11.2 Å². The quantitative estimate of drug-likeness (QED) is 0.747. The van der Waals surface area contributed by atoms with E-state index in [4.69, 9.17) is 16.3 Å². The summed E-state index contributed by atoms with van der Waals surface area (Å²) < 4.78 is 5.69. The van der Waals surface area contributed by atoms with E-state index >= 15 is 0 Å². The minimum absolute atomic E-state index is 0.253. The van der Waals surface area contributed by atoms with Gasteiger partial charge in [0.2, 0.25) is 0 Å². The highest BCUT2D eigenvalue weighted by atomic mass is 35.5. The second-order valence-corrected chi connectivity index (χ2v) is 5.72. The van der Waals surface area contributed by atoms with E-state index in [9.17, 15) is 9.90 Å². The zero-order valence-electron chi connectivity index (χ0n) is 12.3. The summed E-state index contributed by atoms with van der Waals surface area (Å²) >= 11 is 5.95. The zero-order chi connectivity index (χ0) is 16.2.